The summed E-state index contributed by atoms with van der Waals surface area (Å²) in [5, 5.41) is 19.5. The van der Waals surface area contributed by atoms with Crippen LogP contribution in [0.25, 0.3) is 6.08 Å². The van der Waals surface area contributed by atoms with Crippen LogP contribution in [0.4, 0.5) is 5.88 Å². The molecule has 8 heteroatoms. The van der Waals surface area contributed by atoms with Crippen molar-refractivity contribution in [3.8, 4) is 6.07 Å². The highest BCUT2D eigenvalue weighted by Crippen LogP contribution is 2.23. The molecule has 0 bridgehead atoms. The SMILES string of the molecule is N#C/C(=C/c1ccc([N+](=O)[O-])o1)S(=O)(=O)c1ccccc1. The van der Waals surface area contributed by atoms with Gasteiger partial charge in [0.1, 0.15) is 16.8 Å². The molecule has 2 aromatic rings. The zero-order valence-corrected chi connectivity index (χ0v) is 11.3. The monoisotopic (exact) mass is 304 g/mol. The van der Waals surface area contributed by atoms with E-state index in [1.807, 2.05) is 0 Å². The molecule has 106 valence electrons. The third kappa shape index (κ3) is 2.98. The Kier molecular flexibility index (Phi) is 3.86. The number of allylic oxidation sites excluding steroid dienone is 1. The molecule has 21 heavy (non-hydrogen) atoms. The lowest BCUT2D eigenvalue weighted by Gasteiger charge is -2.01. The summed E-state index contributed by atoms with van der Waals surface area (Å²) in [6.07, 6.45) is 0.954. The Bertz CT molecular complexity index is 844. The predicted molar refractivity (Wildman–Crippen MR) is 72.6 cm³/mol. The van der Waals surface area contributed by atoms with Crippen LogP contribution in [-0.4, -0.2) is 13.3 Å². The highest BCUT2D eigenvalue weighted by molar-refractivity contribution is 7.95. The van der Waals surface area contributed by atoms with E-state index in [0.717, 1.165) is 12.1 Å². The number of hydrogen-bond acceptors (Lipinski definition) is 6. The van der Waals surface area contributed by atoms with Gasteiger partial charge < -0.3 is 4.42 Å². The number of nitriles is 1. The normalized spacial score (nSPS) is 11.9. The second kappa shape index (κ2) is 5.60. The van der Waals surface area contributed by atoms with Crippen LogP contribution in [-0.2, 0) is 9.84 Å². The molecule has 0 aliphatic carbocycles. The van der Waals surface area contributed by atoms with E-state index < -0.39 is 25.5 Å². The van der Waals surface area contributed by atoms with Crippen LogP contribution in [0.5, 0.6) is 0 Å². The molecule has 7 nitrogen and oxygen atoms in total. The molecule has 1 aromatic heterocycles. The van der Waals surface area contributed by atoms with Crippen molar-refractivity contribution in [1.29, 1.82) is 5.26 Å². The lowest BCUT2D eigenvalue weighted by atomic mass is 10.4. The largest absolute Gasteiger partial charge is 0.433 e. The van der Waals surface area contributed by atoms with Crippen LogP contribution in [0.3, 0.4) is 0 Å². The quantitative estimate of drug-likeness (QED) is 0.487. The molecular formula is C13H8N2O5S. The van der Waals surface area contributed by atoms with Crippen molar-refractivity contribution in [2.45, 2.75) is 4.90 Å². The first-order valence-corrected chi connectivity index (χ1v) is 7.09. The Morgan fingerprint density at radius 3 is 2.43 bits per heavy atom. The van der Waals surface area contributed by atoms with Gasteiger partial charge >= 0.3 is 5.88 Å². The third-order valence-corrected chi connectivity index (χ3v) is 4.20. The van der Waals surface area contributed by atoms with E-state index in [2.05, 4.69) is 0 Å². The minimum absolute atomic E-state index is 0.0427. The first-order chi connectivity index (χ1) is 9.95. The molecule has 2 rings (SSSR count). The Balaban J connectivity index is 2.46. The average Bonchev–Trinajstić information content (AvgIpc) is 2.94. The second-order valence-corrected chi connectivity index (χ2v) is 5.79. The maximum atomic E-state index is 12.2. The standard InChI is InChI=1S/C13H8N2O5S/c14-9-12(8-10-6-7-13(20-10)15(16)17)21(18,19)11-4-2-1-3-5-11/h1-8H/b12-8-. The zero-order valence-electron chi connectivity index (χ0n) is 10.5. The maximum absolute atomic E-state index is 12.2. The topological polar surface area (TPSA) is 114 Å². The van der Waals surface area contributed by atoms with Crippen LogP contribution in [0, 0.1) is 21.4 Å². The number of nitro groups is 1. The Morgan fingerprint density at radius 2 is 1.90 bits per heavy atom. The van der Waals surface area contributed by atoms with Crippen molar-refractivity contribution in [3.05, 3.63) is 63.2 Å². The third-order valence-electron chi connectivity index (χ3n) is 2.52. The van der Waals surface area contributed by atoms with Crippen LogP contribution < -0.4 is 0 Å². The van der Waals surface area contributed by atoms with Crippen molar-refractivity contribution in [2.24, 2.45) is 0 Å². The molecule has 1 heterocycles. The van der Waals surface area contributed by atoms with Crippen molar-refractivity contribution in [2.75, 3.05) is 0 Å². The van der Waals surface area contributed by atoms with E-state index in [-0.39, 0.29) is 10.7 Å². The summed E-state index contributed by atoms with van der Waals surface area (Å²) in [6.45, 7) is 0. The smallest absolute Gasteiger partial charge is 0.401 e. The Hall–Kier alpha value is -2.92. The van der Waals surface area contributed by atoms with E-state index in [0.29, 0.717) is 0 Å². The summed E-state index contributed by atoms with van der Waals surface area (Å²) in [4.78, 5) is 9.14. The highest BCUT2D eigenvalue weighted by atomic mass is 32.2. The van der Waals surface area contributed by atoms with Gasteiger partial charge in [-0.3, -0.25) is 10.1 Å². The summed E-state index contributed by atoms with van der Waals surface area (Å²) >= 11 is 0. The van der Waals surface area contributed by atoms with Crippen LogP contribution in [0.2, 0.25) is 0 Å². The van der Waals surface area contributed by atoms with Gasteiger partial charge in [-0.2, -0.15) is 5.26 Å². The Morgan fingerprint density at radius 1 is 1.24 bits per heavy atom. The second-order valence-electron chi connectivity index (χ2n) is 3.87. The fourth-order valence-electron chi connectivity index (χ4n) is 1.54. The van der Waals surface area contributed by atoms with Crippen LogP contribution in [0.1, 0.15) is 5.76 Å². The molecule has 0 saturated heterocycles. The lowest BCUT2D eigenvalue weighted by molar-refractivity contribution is -0.402. The van der Waals surface area contributed by atoms with Crippen molar-refractivity contribution < 1.29 is 17.8 Å². The minimum atomic E-state index is -3.99. The van der Waals surface area contributed by atoms with Gasteiger partial charge in [0, 0.05) is 6.08 Å². The van der Waals surface area contributed by atoms with E-state index in [1.54, 1.807) is 12.1 Å². The molecule has 0 saturated carbocycles. The molecule has 1 aromatic carbocycles. The summed E-state index contributed by atoms with van der Waals surface area (Å²) in [6, 6.07) is 11.3. The van der Waals surface area contributed by atoms with Gasteiger partial charge in [0.25, 0.3) is 0 Å². The van der Waals surface area contributed by atoms with Crippen molar-refractivity contribution >= 4 is 21.8 Å². The highest BCUT2D eigenvalue weighted by Gasteiger charge is 2.21. The molecule has 0 spiro atoms. The van der Waals surface area contributed by atoms with Crippen molar-refractivity contribution in [3.63, 3.8) is 0 Å². The molecular weight excluding hydrogens is 296 g/mol. The molecule has 0 fully saturated rings. The Labute approximate surface area is 119 Å². The zero-order chi connectivity index (χ0) is 15.5. The number of nitrogens with zero attached hydrogens (tertiary/aromatic N) is 2. The van der Waals surface area contributed by atoms with Gasteiger partial charge in [-0.25, -0.2) is 8.42 Å². The predicted octanol–water partition coefficient (Wildman–Crippen LogP) is 2.53. The number of sulfone groups is 1. The van der Waals surface area contributed by atoms with Crippen LogP contribution in [0.15, 0.2) is 56.7 Å². The van der Waals surface area contributed by atoms with Crippen LogP contribution >= 0.6 is 0 Å². The van der Waals surface area contributed by atoms with Gasteiger partial charge in [-0.05, 0) is 18.2 Å². The fraction of sp³-hybridized carbons (Fsp3) is 0. The average molecular weight is 304 g/mol. The number of furan rings is 1. The molecule has 0 atom stereocenters. The number of hydrogen-bond donors (Lipinski definition) is 0. The van der Waals surface area contributed by atoms with E-state index in [9.17, 15) is 18.5 Å². The molecule has 0 unspecified atom stereocenters. The summed E-state index contributed by atoms with van der Waals surface area (Å²) < 4.78 is 29.3. The molecule has 0 aliphatic heterocycles. The van der Waals surface area contributed by atoms with Crippen molar-refractivity contribution in [1.82, 2.24) is 0 Å². The molecule has 0 radical (unpaired) electrons. The van der Waals surface area contributed by atoms with Gasteiger partial charge in [0.05, 0.1) is 11.0 Å². The molecule has 0 amide bonds. The van der Waals surface area contributed by atoms with Gasteiger partial charge in [0.2, 0.25) is 9.84 Å². The van der Waals surface area contributed by atoms with Gasteiger partial charge in [0.15, 0.2) is 4.91 Å². The number of benzene rings is 1. The van der Waals surface area contributed by atoms with Gasteiger partial charge in [-0.15, -0.1) is 0 Å². The minimum Gasteiger partial charge on any atom is -0.401 e. The van der Waals surface area contributed by atoms with E-state index in [1.165, 1.54) is 30.3 Å². The summed E-state index contributed by atoms with van der Waals surface area (Å²) in [5.41, 5.74) is 0. The maximum Gasteiger partial charge on any atom is 0.433 e. The summed E-state index contributed by atoms with van der Waals surface area (Å²) in [7, 11) is -3.99. The first-order valence-electron chi connectivity index (χ1n) is 5.61. The fourth-order valence-corrected chi connectivity index (χ4v) is 2.70. The van der Waals surface area contributed by atoms with Gasteiger partial charge in [-0.1, -0.05) is 18.2 Å². The number of rotatable bonds is 4. The van der Waals surface area contributed by atoms with E-state index >= 15 is 0 Å². The molecule has 0 aliphatic rings. The lowest BCUT2D eigenvalue weighted by Crippen LogP contribution is -2.03. The summed E-state index contributed by atoms with van der Waals surface area (Å²) in [5.74, 6) is -0.617. The first kappa shape index (κ1) is 14.5. The van der Waals surface area contributed by atoms with E-state index in [4.69, 9.17) is 9.68 Å². The molecule has 0 N–H and O–H groups in total.